The zero-order chi connectivity index (χ0) is 19.3. The summed E-state index contributed by atoms with van der Waals surface area (Å²) in [7, 11) is 1.36. The molecule has 2 atom stereocenters. The molecule has 0 bridgehead atoms. The maximum atomic E-state index is 12.7. The molecule has 6 nitrogen and oxygen atoms in total. The number of Topliss-reactive ketones (excluding diaryl/α,β-unsaturated/α-hetero) is 1. The van der Waals surface area contributed by atoms with Crippen LogP contribution in [0.3, 0.4) is 0 Å². The zero-order valence-electron chi connectivity index (χ0n) is 15.1. The first-order valence-corrected chi connectivity index (χ1v) is 9.20. The summed E-state index contributed by atoms with van der Waals surface area (Å²) in [6.07, 6.45) is 2.54. The van der Waals surface area contributed by atoms with Gasteiger partial charge in [0.05, 0.1) is 24.3 Å². The Morgan fingerprint density at radius 1 is 1.23 bits per heavy atom. The Morgan fingerprint density at radius 2 is 1.92 bits per heavy atom. The standard InChI is InChI=1S/C19H25ClO6/c1-11-6-4-3-5-7-12(21)8-13(22)9-14-17(19(24)26-11)16(25-2)10-15(23)18(14)20/h10-12,21,23H,3-9H2,1-2H3. The summed E-state index contributed by atoms with van der Waals surface area (Å²) in [5.41, 5.74) is 0.206. The van der Waals surface area contributed by atoms with Gasteiger partial charge in [-0.15, -0.1) is 0 Å². The third-order valence-corrected chi connectivity index (χ3v) is 4.95. The number of methoxy groups -OCH3 is 1. The number of ether oxygens (including phenoxy) is 2. The van der Waals surface area contributed by atoms with E-state index in [1.54, 1.807) is 6.92 Å². The Labute approximate surface area is 158 Å². The third kappa shape index (κ3) is 5.11. The van der Waals surface area contributed by atoms with Crippen molar-refractivity contribution in [1.29, 1.82) is 0 Å². The van der Waals surface area contributed by atoms with Crippen LogP contribution in [0.4, 0.5) is 0 Å². The Morgan fingerprint density at radius 3 is 2.62 bits per heavy atom. The van der Waals surface area contributed by atoms with Crippen molar-refractivity contribution in [3.8, 4) is 11.5 Å². The maximum absolute atomic E-state index is 12.7. The summed E-state index contributed by atoms with van der Waals surface area (Å²) in [6.45, 7) is 1.80. The topological polar surface area (TPSA) is 93.1 Å². The summed E-state index contributed by atoms with van der Waals surface area (Å²) < 4.78 is 10.7. The molecular weight excluding hydrogens is 360 g/mol. The van der Waals surface area contributed by atoms with E-state index in [0.29, 0.717) is 12.8 Å². The van der Waals surface area contributed by atoms with Gasteiger partial charge >= 0.3 is 5.97 Å². The summed E-state index contributed by atoms with van der Waals surface area (Å²) in [5, 5.41) is 20.0. The molecule has 26 heavy (non-hydrogen) atoms. The summed E-state index contributed by atoms with van der Waals surface area (Å²) in [4.78, 5) is 25.1. The second-order valence-corrected chi connectivity index (χ2v) is 7.07. The first-order valence-electron chi connectivity index (χ1n) is 8.82. The van der Waals surface area contributed by atoms with Crippen molar-refractivity contribution in [2.45, 2.75) is 64.1 Å². The Hall–Kier alpha value is -1.79. The molecule has 1 aromatic rings. The van der Waals surface area contributed by atoms with Gasteiger partial charge in [-0.2, -0.15) is 0 Å². The highest BCUT2D eigenvalue weighted by molar-refractivity contribution is 6.33. The largest absolute Gasteiger partial charge is 0.506 e. The summed E-state index contributed by atoms with van der Waals surface area (Å²) in [6, 6.07) is 1.23. The lowest BCUT2D eigenvalue weighted by Gasteiger charge is -2.19. The predicted molar refractivity (Wildman–Crippen MR) is 97.0 cm³/mol. The van der Waals surface area contributed by atoms with Gasteiger partial charge in [0, 0.05) is 24.5 Å². The van der Waals surface area contributed by atoms with E-state index in [9.17, 15) is 19.8 Å². The van der Waals surface area contributed by atoms with E-state index in [1.165, 1.54) is 13.2 Å². The number of rotatable bonds is 1. The van der Waals surface area contributed by atoms with Gasteiger partial charge in [-0.25, -0.2) is 4.79 Å². The van der Waals surface area contributed by atoms with E-state index in [0.717, 1.165) is 19.3 Å². The molecule has 7 heteroatoms. The van der Waals surface area contributed by atoms with Gasteiger partial charge in [-0.05, 0) is 26.2 Å². The van der Waals surface area contributed by atoms with Crippen LogP contribution in [-0.2, 0) is 16.0 Å². The van der Waals surface area contributed by atoms with Crippen LogP contribution in [0, 0.1) is 0 Å². The molecule has 0 saturated carbocycles. The molecule has 144 valence electrons. The van der Waals surface area contributed by atoms with Crippen molar-refractivity contribution in [2.24, 2.45) is 0 Å². The van der Waals surface area contributed by atoms with Gasteiger partial charge in [0.2, 0.25) is 0 Å². The smallest absolute Gasteiger partial charge is 0.342 e. The van der Waals surface area contributed by atoms with Gasteiger partial charge in [-0.1, -0.05) is 24.4 Å². The van der Waals surface area contributed by atoms with Gasteiger partial charge in [0.1, 0.15) is 22.8 Å². The molecule has 1 aromatic carbocycles. The average Bonchev–Trinajstić information content (AvgIpc) is 2.57. The zero-order valence-corrected chi connectivity index (χ0v) is 15.8. The Kier molecular flexibility index (Phi) is 7.29. The lowest BCUT2D eigenvalue weighted by molar-refractivity contribution is -0.120. The number of benzene rings is 1. The molecule has 2 unspecified atom stereocenters. The van der Waals surface area contributed by atoms with E-state index >= 15 is 0 Å². The molecule has 2 rings (SSSR count). The number of ketones is 1. The van der Waals surface area contributed by atoms with Crippen LogP contribution in [0.2, 0.25) is 5.02 Å². The number of cyclic esters (lactones) is 1. The summed E-state index contributed by atoms with van der Waals surface area (Å²) >= 11 is 6.17. The van der Waals surface area contributed by atoms with E-state index in [1.807, 2.05) is 0 Å². The molecule has 1 aliphatic heterocycles. The Bertz CT molecular complexity index is 672. The first kappa shape index (κ1) is 20.5. The number of carbonyl (C=O) groups excluding carboxylic acids is 2. The highest BCUT2D eigenvalue weighted by Crippen LogP contribution is 2.38. The number of aromatic hydroxyl groups is 1. The number of carbonyl (C=O) groups is 2. The second-order valence-electron chi connectivity index (χ2n) is 6.69. The SMILES string of the molecule is COc1cc(O)c(Cl)c2c1C(=O)OC(C)CCCCCC(O)CC(=O)C2. The minimum absolute atomic E-state index is 0.0286. The number of aliphatic hydroxyl groups excluding tert-OH is 1. The van der Waals surface area contributed by atoms with Crippen molar-refractivity contribution in [2.75, 3.05) is 7.11 Å². The normalized spacial score (nSPS) is 22.9. The quantitative estimate of drug-likeness (QED) is 0.720. The monoisotopic (exact) mass is 384 g/mol. The Balaban J connectivity index is 2.46. The number of aliphatic hydroxyl groups is 1. The third-order valence-electron chi connectivity index (χ3n) is 4.52. The van der Waals surface area contributed by atoms with Gasteiger partial charge in [0.15, 0.2) is 0 Å². The van der Waals surface area contributed by atoms with Crippen molar-refractivity contribution >= 4 is 23.4 Å². The fourth-order valence-electron chi connectivity index (χ4n) is 3.15. The van der Waals surface area contributed by atoms with Crippen LogP contribution in [0.1, 0.15) is 61.4 Å². The van der Waals surface area contributed by atoms with Crippen LogP contribution in [0.15, 0.2) is 6.07 Å². The molecule has 1 aliphatic rings. The lowest BCUT2D eigenvalue weighted by atomic mass is 9.96. The molecule has 2 N–H and O–H groups in total. The molecule has 0 amide bonds. The first-order chi connectivity index (χ1) is 12.3. The molecule has 0 aromatic heterocycles. The molecule has 0 radical (unpaired) electrons. The summed E-state index contributed by atoms with van der Waals surface area (Å²) in [5.74, 6) is -1.10. The van der Waals surface area contributed by atoms with Crippen molar-refractivity contribution in [3.05, 3.63) is 22.2 Å². The van der Waals surface area contributed by atoms with E-state index in [4.69, 9.17) is 21.1 Å². The molecule has 0 aliphatic carbocycles. The van der Waals surface area contributed by atoms with Crippen LogP contribution < -0.4 is 4.74 Å². The van der Waals surface area contributed by atoms with Crippen LogP contribution in [0.25, 0.3) is 0 Å². The van der Waals surface area contributed by atoms with E-state index in [-0.39, 0.29) is 52.4 Å². The number of fused-ring (bicyclic) bond motifs is 1. The van der Waals surface area contributed by atoms with Crippen molar-refractivity contribution in [1.82, 2.24) is 0 Å². The molecular formula is C19H25ClO6. The highest BCUT2D eigenvalue weighted by atomic mass is 35.5. The number of phenols is 1. The number of hydrogen-bond donors (Lipinski definition) is 2. The fraction of sp³-hybridized carbons (Fsp3) is 0.579. The second kappa shape index (κ2) is 9.24. The van der Waals surface area contributed by atoms with Crippen LogP contribution >= 0.6 is 11.6 Å². The van der Waals surface area contributed by atoms with Crippen molar-refractivity contribution < 1.29 is 29.3 Å². The predicted octanol–water partition coefficient (Wildman–Crippen LogP) is 3.43. The van der Waals surface area contributed by atoms with Gasteiger partial charge in [0.25, 0.3) is 0 Å². The molecule has 0 spiro atoms. The van der Waals surface area contributed by atoms with Gasteiger partial charge < -0.3 is 19.7 Å². The average molecular weight is 385 g/mol. The minimum atomic E-state index is -0.726. The molecule has 0 saturated heterocycles. The number of hydrogen-bond acceptors (Lipinski definition) is 6. The van der Waals surface area contributed by atoms with E-state index < -0.39 is 12.1 Å². The van der Waals surface area contributed by atoms with Gasteiger partial charge in [-0.3, -0.25) is 4.79 Å². The number of phenolic OH excluding ortho intramolecular Hbond substituents is 1. The maximum Gasteiger partial charge on any atom is 0.342 e. The minimum Gasteiger partial charge on any atom is -0.506 e. The fourth-order valence-corrected chi connectivity index (χ4v) is 3.36. The highest BCUT2D eigenvalue weighted by Gasteiger charge is 2.27. The number of esters is 1. The molecule has 0 fully saturated rings. The molecule has 1 heterocycles. The van der Waals surface area contributed by atoms with Crippen LogP contribution in [0.5, 0.6) is 11.5 Å². The van der Waals surface area contributed by atoms with E-state index in [2.05, 4.69) is 0 Å². The lowest BCUT2D eigenvalue weighted by Crippen LogP contribution is -2.21. The number of halogens is 1. The van der Waals surface area contributed by atoms with Crippen LogP contribution in [-0.4, -0.2) is 41.3 Å². The van der Waals surface area contributed by atoms with Crippen molar-refractivity contribution in [3.63, 3.8) is 0 Å².